The number of amides is 1. The molecule has 0 heterocycles. The van der Waals surface area contributed by atoms with E-state index < -0.39 is 6.10 Å². The maximum atomic E-state index is 11.6. The second-order valence-corrected chi connectivity index (χ2v) is 5.79. The molecule has 0 aliphatic heterocycles. The lowest BCUT2D eigenvalue weighted by Gasteiger charge is -2.10. The molecule has 0 saturated carbocycles. The molecule has 0 aliphatic carbocycles. The first kappa shape index (κ1) is 18.0. The Bertz CT molecular complexity index is 386. The van der Waals surface area contributed by atoms with E-state index >= 15 is 0 Å². The molecule has 0 fully saturated rings. The van der Waals surface area contributed by atoms with Crippen LogP contribution in [0.3, 0.4) is 0 Å². The summed E-state index contributed by atoms with van der Waals surface area (Å²) in [7, 11) is 0. The topological polar surface area (TPSA) is 58.6 Å². The molecule has 21 heavy (non-hydrogen) atoms. The Labute approximate surface area is 131 Å². The number of unbranched alkanes of at least 4 members (excludes halogenated alkanes) is 1. The number of benzene rings is 1. The molecule has 0 radical (unpaired) electrons. The van der Waals surface area contributed by atoms with E-state index in [1.807, 2.05) is 30.3 Å². The van der Waals surface area contributed by atoms with Crippen molar-refractivity contribution < 1.29 is 14.6 Å². The Balaban J connectivity index is 2.03. The number of aliphatic hydroxyl groups excluding tert-OH is 1. The van der Waals surface area contributed by atoms with Gasteiger partial charge in [-0.25, -0.2) is 0 Å². The summed E-state index contributed by atoms with van der Waals surface area (Å²) >= 11 is 1.43. The minimum absolute atomic E-state index is 0.0145. The number of carbonyl (C=O) groups excluding carboxylic acids is 1. The van der Waals surface area contributed by atoms with Gasteiger partial charge in [-0.05, 0) is 12.0 Å². The van der Waals surface area contributed by atoms with Crippen LogP contribution in [0.5, 0.6) is 0 Å². The van der Waals surface area contributed by atoms with Gasteiger partial charge in [-0.1, -0.05) is 43.7 Å². The Hall–Kier alpha value is -1.04. The molecule has 118 valence electrons. The molecule has 1 unspecified atom stereocenters. The number of hydrogen-bond acceptors (Lipinski definition) is 4. The average molecular weight is 311 g/mol. The van der Waals surface area contributed by atoms with Crippen molar-refractivity contribution in [1.29, 1.82) is 0 Å². The van der Waals surface area contributed by atoms with Gasteiger partial charge in [-0.3, -0.25) is 4.79 Å². The van der Waals surface area contributed by atoms with Crippen LogP contribution in [0.4, 0.5) is 0 Å². The fraction of sp³-hybridized carbons (Fsp3) is 0.562. The summed E-state index contributed by atoms with van der Waals surface area (Å²) in [6.45, 7) is 3.98. The normalized spacial score (nSPS) is 12.1. The maximum absolute atomic E-state index is 11.6. The highest BCUT2D eigenvalue weighted by atomic mass is 32.2. The molecule has 0 bridgehead atoms. The van der Waals surface area contributed by atoms with E-state index in [-0.39, 0.29) is 5.91 Å². The summed E-state index contributed by atoms with van der Waals surface area (Å²) < 4.78 is 5.36. The fourth-order valence-electron chi connectivity index (χ4n) is 1.70. The van der Waals surface area contributed by atoms with Crippen LogP contribution in [0, 0.1) is 0 Å². The second-order valence-electron chi connectivity index (χ2n) is 4.76. The third-order valence-corrected chi connectivity index (χ3v) is 3.92. The standard InChI is InChI=1S/C16H25NO3S/c1-2-3-10-20-11-9-17-16(19)13-21-12-15(18)14-7-5-4-6-8-14/h4-8,15,18H,2-3,9-13H2,1H3,(H,17,19). The van der Waals surface area contributed by atoms with E-state index in [0.717, 1.165) is 25.0 Å². The molecule has 0 aliphatic rings. The Morgan fingerprint density at radius 3 is 2.81 bits per heavy atom. The van der Waals surface area contributed by atoms with Crippen LogP contribution in [-0.4, -0.2) is 42.3 Å². The van der Waals surface area contributed by atoms with E-state index in [2.05, 4.69) is 12.2 Å². The predicted octanol–water partition coefficient (Wildman–Crippen LogP) is 2.39. The van der Waals surface area contributed by atoms with Crippen LogP contribution in [0.25, 0.3) is 0 Å². The van der Waals surface area contributed by atoms with E-state index in [0.29, 0.717) is 24.7 Å². The van der Waals surface area contributed by atoms with Gasteiger partial charge in [0.25, 0.3) is 0 Å². The van der Waals surface area contributed by atoms with Gasteiger partial charge in [0.05, 0.1) is 18.5 Å². The van der Waals surface area contributed by atoms with Crippen molar-refractivity contribution in [2.75, 3.05) is 31.3 Å². The minimum Gasteiger partial charge on any atom is -0.388 e. The zero-order chi connectivity index (χ0) is 15.3. The molecule has 5 heteroatoms. The van der Waals surface area contributed by atoms with Gasteiger partial charge in [0, 0.05) is 18.9 Å². The molecule has 0 aromatic heterocycles. The number of ether oxygens (including phenoxy) is 1. The van der Waals surface area contributed by atoms with Crippen LogP contribution in [0.1, 0.15) is 31.4 Å². The summed E-state index contributed by atoms with van der Waals surface area (Å²) in [6.07, 6.45) is 1.65. The molecule has 1 aromatic rings. The average Bonchev–Trinajstić information content (AvgIpc) is 2.51. The minimum atomic E-state index is -0.527. The van der Waals surface area contributed by atoms with E-state index in [1.54, 1.807) is 0 Å². The van der Waals surface area contributed by atoms with Crippen molar-refractivity contribution in [2.45, 2.75) is 25.9 Å². The van der Waals surface area contributed by atoms with Crippen LogP contribution in [0.15, 0.2) is 30.3 Å². The van der Waals surface area contributed by atoms with E-state index in [4.69, 9.17) is 4.74 Å². The highest BCUT2D eigenvalue weighted by molar-refractivity contribution is 7.99. The lowest BCUT2D eigenvalue weighted by molar-refractivity contribution is -0.118. The molecule has 2 N–H and O–H groups in total. The number of thioether (sulfide) groups is 1. The Morgan fingerprint density at radius 2 is 2.10 bits per heavy atom. The monoisotopic (exact) mass is 311 g/mol. The third kappa shape index (κ3) is 8.75. The van der Waals surface area contributed by atoms with Crippen molar-refractivity contribution >= 4 is 17.7 Å². The van der Waals surface area contributed by atoms with Crippen molar-refractivity contribution in [3.8, 4) is 0 Å². The molecular weight excluding hydrogens is 286 g/mol. The number of hydrogen-bond donors (Lipinski definition) is 2. The zero-order valence-corrected chi connectivity index (χ0v) is 13.4. The van der Waals surface area contributed by atoms with E-state index in [1.165, 1.54) is 11.8 Å². The van der Waals surface area contributed by atoms with E-state index in [9.17, 15) is 9.90 Å². The quantitative estimate of drug-likeness (QED) is 0.616. The molecule has 1 rings (SSSR count). The fourth-order valence-corrected chi connectivity index (χ4v) is 2.52. The number of nitrogens with one attached hydrogen (secondary N) is 1. The highest BCUT2D eigenvalue weighted by Crippen LogP contribution is 2.17. The van der Waals surface area contributed by atoms with Crippen molar-refractivity contribution in [3.63, 3.8) is 0 Å². The number of carbonyl (C=O) groups is 1. The van der Waals surface area contributed by atoms with Gasteiger partial charge in [-0.15, -0.1) is 11.8 Å². The van der Waals surface area contributed by atoms with Crippen LogP contribution in [-0.2, 0) is 9.53 Å². The molecule has 0 saturated heterocycles. The van der Waals surface area contributed by atoms with Gasteiger partial charge in [0.2, 0.25) is 5.91 Å². The third-order valence-electron chi connectivity index (χ3n) is 2.90. The van der Waals surface area contributed by atoms with Crippen LogP contribution in [0.2, 0.25) is 0 Å². The lowest BCUT2D eigenvalue weighted by atomic mass is 10.1. The van der Waals surface area contributed by atoms with Crippen molar-refractivity contribution in [2.24, 2.45) is 0 Å². The van der Waals surface area contributed by atoms with Gasteiger partial charge < -0.3 is 15.2 Å². The highest BCUT2D eigenvalue weighted by Gasteiger charge is 2.08. The predicted molar refractivity (Wildman–Crippen MR) is 87.5 cm³/mol. The second kappa shape index (κ2) is 11.6. The van der Waals surface area contributed by atoms with Gasteiger partial charge >= 0.3 is 0 Å². The molecule has 4 nitrogen and oxygen atoms in total. The van der Waals surface area contributed by atoms with Crippen molar-refractivity contribution in [3.05, 3.63) is 35.9 Å². The summed E-state index contributed by atoms with van der Waals surface area (Å²) in [6, 6.07) is 9.49. The largest absolute Gasteiger partial charge is 0.388 e. The molecule has 1 amide bonds. The summed E-state index contributed by atoms with van der Waals surface area (Å²) in [5, 5.41) is 12.8. The molecule has 1 aromatic carbocycles. The van der Waals surface area contributed by atoms with Gasteiger partial charge in [-0.2, -0.15) is 0 Å². The summed E-state index contributed by atoms with van der Waals surface area (Å²) in [5.74, 6) is 0.864. The summed E-state index contributed by atoms with van der Waals surface area (Å²) in [4.78, 5) is 11.6. The zero-order valence-electron chi connectivity index (χ0n) is 12.6. The van der Waals surface area contributed by atoms with Gasteiger partial charge in [0.1, 0.15) is 0 Å². The molecular formula is C16H25NO3S. The first-order valence-corrected chi connectivity index (χ1v) is 8.54. The lowest BCUT2D eigenvalue weighted by Crippen LogP contribution is -2.29. The molecule has 1 atom stereocenters. The number of aliphatic hydroxyl groups is 1. The summed E-state index contributed by atoms with van der Waals surface area (Å²) in [5.41, 5.74) is 0.884. The van der Waals surface area contributed by atoms with Crippen molar-refractivity contribution in [1.82, 2.24) is 5.32 Å². The SMILES string of the molecule is CCCCOCCNC(=O)CSCC(O)c1ccccc1. The van der Waals surface area contributed by atoms with Crippen LogP contribution >= 0.6 is 11.8 Å². The van der Waals surface area contributed by atoms with Crippen LogP contribution < -0.4 is 5.32 Å². The van der Waals surface area contributed by atoms with Gasteiger partial charge in [0.15, 0.2) is 0 Å². The molecule has 0 spiro atoms. The maximum Gasteiger partial charge on any atom is 0.230 e. The first-order valence-electron chi connectivity index (χ1n) is 7.39. The first-order chi connectivity index (χ1) is 10.2. The smallest absolute Gasteiger partial charge is 0.230 e. The number of rotatable bonds is 11. The Morgan fingerprint density at radius 1 is 1.33 bits per heavy atom. The Kier molecular flexibility index (Phi) is 9.95.